The molecular formula is C17H22N2O4. The molecule has 1 N–H and O–H groups in total. The number of carbonyl (C=O) groups is 1. The number of hydrogen-bond acceptors (Lipinski definition) is 6. The maximum absolute atomic E-state index is 11.4. The van der Waals surface area contributed by atoms with Crippen LogP contribution in [0, 0.1) is 5.92 Å². The second kappa shape index (κ2) is 6.68. The number of ether oxygens (including phenoxy) is 1. The summed E-state index contributed by atoms with van der Waals surface area (Å²) in [5.74, 6) is 0.114. The zero-order chi connectivity index (χ0) is 16.4. The number of oxazole rings is 1. The quantitative estimate of drug-likeness (QED) is 0.871. The number of methoxy groups -OCH3 is 1. The molecule has 6 heteroatoms. The highest BCUT2D eigenvalue weighted by Gasteiger charge is 2.32. The van der Waals surface area contributed by atoms with Crippen LogP contribution >= 0.6 is 0 Å². The van der Waals surface area contributed by atoms with Crippen LogP contribution in [-0.4, -0.2) is 47.3 Å². The third kappa shape index (κ3) is 3.23. The number of hydrogen-bond donors (Lipinski definition) is 1. The number of rotatable bonds is 4. The van der Waals surface area contributed by atoms with Gasteiger partial charge in [-0.15, -0.1) is 0 Å². The van der Waals surface area contributed by atoms with Gasteiger partial charge in [0.05, 0.1) is 13.2 Å². The third-order valence-corrected chi connectivity index (χ3v) is 4.68. The van der Waals surface area contributed by atoms with Crippen LogP contribution in [0.5, 0.6) is 0 Å². The third-order valence-electron chi connectivity index (χ3n) is 4.68. The van der Waals surface area contributed by atoms with Crippen molar-refractivity contribution in [2.24, 2.45) is 5.92 Å². The Balaban J connectivity index is 1.64. The molecule has 2 aromatic rings. The Kier molecular flexibility index (Phi) is 4.63. The maximum atomic E-state index is 11.4. The van der Waals surface area contributed by atoms with Crippen LogP contribution in [0.2, 0.25) is 0 Å². The van der Waals surface area contributed by atoms with E-state index in [1.165, 1.54) is 7.11 Å². The molecule has 0 aliphatic carbocycles. The number of aliphatic hydroxyl groups is 1. The summed E-state index contributed by atoms with van der Waals surface area (Å²) in [7, 11) is 1.30. The molecule has 1 fully saturated rings. The molecule has 0 saturated carbocycles. The van der Waals surface area contributed by atoms with Crippen LogP contribution in [0.4, 0.5) is 0 Å². The minimum absolute atomic E-state index is 0.0467. The van der Waals surface area contributed by atoms with E-state index in [1.54, 1.807) is 0 Å². The number of esters is 1. The van der Waals surface area contributed by atoms with Crippen LogP contribution in [0.25, 0.3) is 11.1 Å². The summed E-state index contributed by atoms with van der Waals surface area (Å²) in [6.07, 6.45) is 0.476. The molecule has 0 radical (unpaired) electrons. The van der Waals surface area contributed by atoms with Crippen molar-refractivity contribution in [3.63, 3.8) is 0 Å². The molecule has 1 aliphatic heterocycles. The largest absolute Gasteiger partial charge is 0.467 e. The topological polar surface area (TPSA) is 75.8 Å². The van der Waals surface area contributed by atoms with Gasteiger partial charge in [0.1, 0.15) is 5.52 Å². The number of benzene rings is 1. The van der Waals surface area contributed by atoms with Crippen molar-refractivity contribution in [1.29, 1.82) is 0 Å². The first kappa shape index (κ1) is 16.0. The minimum Gasteiger partial charge on any atom is -0.467 e. The molecule has 2 heterocycles. The Hall–Kier alpha value is -1.92. The van der Waals surface area contributed by atoms with Gasteiger partial charge in [0, 0.05) is 0 Å². The van der Waals surface area contributed by atoms with Crippen molar-refractivity contribution >= 4 is 17.1 Å². The number of likely N-dealkylation sites (tertiary alicyclic amines) is 1. The highest BCUT2D eigenvalue weighted by atomic mass is 16.5. The summed E-state index contributed by atoms with van der Waals surface area (Å²) in [5.41, 5.74) is 1.66. The lowest BCUT2D eigenvalue weighted by Gasteiger charge is -2.35. The number of carbonyl (C=O) groups excluding carboxylic acids is 1. The van der Waals surface area contributed by atoms with Gasteiger partial charge < -0.3 is 14.3 Å². The van der Waals surface area contributed by atoms with Gasteiger partial charge >= 0.3 is 5.97 Å². The Morgan fingerprint density at radius 1 is 1.39 bits per heavy atom. The molecule has 1 aromatic heterocycles. The van der Waals surface area contributed by atoms with E-state index in [0.717, 1.165) is 37.0 Å². The Morgan fingerprint density at radius 2 is 2.09 bits per heavy atom. The Morgan fingerprint density at radius 3 is 2.74 bits per heavy atom. The van der Waals surface area contributed by atoms with Crippen molar-refractivity contribution in [1.82, 2.24) is 9.88 Å². The highest BCUT2D eigenvalue weighted by molar-refractivity contribution is 5.74. The van der Waals surface area contributed by atoms with Crippen LogP contribution in [0.1, 0.15) is 31.7 Å². The van der Waals surface area contributed by atoms with E-state index >= 15 is 0 Å². The van der Waals surface area contributed by atoms with Crippen molar-refractivity contribution in [2.45, 2.75) is 31.9 Å². The molecule has 0 amide bonds. The predicted octanol–water partition coefficient (Wildman–Crippen LogP) is 2.13. The zero-order valence-corrected chi connectivity index (χ0v) is 13.4. The monoisotopic (exact) mass is 318 g/mol. The van der Waals surface area contributed by atoms with Crippen molar-refractivity contribution in [3.05, 3.63) is 30.2 Å². The van der Waals surface area contributed by atoms with Crippen LogP contribution in [0.3, 0.4) is 0 Å². The standard InChI is InChI=1S/C17H22N2O4/c1-11(16-18-13-5-3-4-6-14(13)23-16)19-9-7-12(8-10-19)15(20)17(21)22-2/h3-6,11-12,15,20H,7-10H2,1-2H3. The molecule has 2 atom stereocenters. The molecular weight excluding hydrogens is 296 g/mol. The summed E-state index contributed by atoms with van der Waals surface area (Å²) in [6.45, 7) is 3.65. The smallest absolute Gasteiger partial charge is 0.334 e. The first-order chi connectivity index (χ1) is 11.1. The average molecular weight is 318 g/mol. The van der Waals surface area contributed by atoms with E-state index in [9.17, 15) is 9.90 Å². The van der Waals surface area contributed by atoms with Gasteiger partial charge in [0.2, 0.25) is 5.89 Å². The Labute approximate surface area is 135 Å². The van der Waals surface area contributed by atoms with E-state index in [1.807, 2.05) is 24.3 Å². The first-order valence-corrected chi connectivity index (χ1v) is 7.95. The van der Waals surface area contributed by atoms with Crippen molar-refractivity contribution in [2.75, 3.05) is 20.2 Å². The number of aromatic nitrogens is 1. The zero-order valence-electron chi connectivity index (χ0n) is 13.4. The lowest BCUT2D eigenvalue weighted by Crippen LogP contribution is -2.41. The molecule has 6 nitrogen and oxygen atoms in total. The van der Waals surface area contributed by atoms with Gasteiger partial charge in [-0.25, -0.2) is 9.78 Å². The second-order valence-electron chi connectivity index (χ2n) is 6.04. The molecule has 3 rings (SSSR count). The number of nitrogens with zero attached hydrogens (tertiary/aromatic N) is 2. The lowest BCUT2D eigenvalue weighted by molar-refractivity contribution is -0.154. The van der Waals surface area contributed by atoms with E-state index < -0.39 is 12.1 Å². The van der Waals surface area contributed by atoms with Gasteiger partial charge in [-0.05, 0) is 50.9 Å². The fourth-order valence-electron chi connectivity index (χ4n) is 3.16. The van der Waals surface area contributed by atoms with Gasteiger partial charge in [-0.3, -0.25) is 4.90 Å². The summed E-state index contributed by atoms with van der Waals surface area (Å²) in [5, 5.41) is 9.96. The fraction of sp³-hybridized carbons (Fsp3) is 0.529. The molecule has 1 aliphatic rings. The number of fused-ring (bicyclic) bond motifs is 1. The molecule has 23 heavy (non-hydrogen) atoms. The van der Waals surface area contributed by atoms with Crippen LogP contribution in [-0.2, 0) is 9.53 Å². The molecule has 1 aromatic carbocycles. The van der Waals surface area contributed by atoms with Crippen molar-refractivity contribution in [3.8, 4) is 0 Å². The lowest BCUT2D eigenvalue weighted by atomic mass is 9.90. The van der Waals surface area contributed by atoms with Gasteiger partial charge in [-0.1, -0.05) is 12.1 Å². The molecule has 124 valence electrons. The van der Waals surface area contributed by atoms with E-state index in [2.05, 4.69) is 21.5 Å². The fourth-order valence-corrected chi connectivity index (χ4v) is 3.16. The van der Waals surface area contributed by atoms with E-state index in [0.29, 0.717) is 5.89 Å². The number of aliphatic hydroxyl groups excluding tert-OH is 1. The molecule has 1 saturated heterocycles. The SMILES string of the molecule is COC(=O)C(O)C1CCN(C(C)c2nc3ccccc3o2)CC1. The summed E-state index contributed by atoms with van der Waals surface area (Å²) in [6, 6.07) is 7.80. The van der Waals surface area contributed by atoms with Gasteiger partial charge in [-0.2, -0.15) is 0 Å². The van der Waals surface area contributed by atoms with Gasteiger partial charge in [0.15, 0.2) is 11.7 Å². The second-order valence-corrected chi connectivity index (χ2v) is 6.04. The molecule has 0 spiro atoms. The van der Waals surface area contributed by atoms with Crippen molar-refractivity contribution < 1.29 is 19.1 Å². The van der Waals surface area contributed by atoms with E-state index in [-0.39, 0.29) is 12.0 Å². The van der Waals surface area contributed by atoms with Crippen LogP contribution < -0.4 is 0 Å². The van der Waals surface area contributed by atoms with E-state index in [4.69, 9.17) is 4.42 Å². The Bertz CT molecular complexity index is 643. The average Bonchev–Trinajstić information content (AvgIpc) is 3.04. The minimum atomic E-state index is -1.03. The normalized spacial score (nSPS) is 19.6. The maximum Gasteiger partial charge on any atom is 0.334 e. The number of piperidine rings is 1. The number of para-hydroxylation sites is 2. The highest BCUT2D eigenvalue weighted by Crippen LogP contribution is 2.29. The summed E-state index contributed by atoms with van der Waals surface area (Å²) < 4.78 is 10.5. The predicted molar refractivity (Wildman–Crippen MR) is 84.7 cm³/mol. The first-order valence-electron chi connectivity index (χ1n) is 7.95. The van der Waals surface area contributed by atoms with Crippen LogP contribution in [0.15, 0.2) is 28.7 Å². The summed E-state index contributed by atoms with van der Waals surface area (Å²) in [4.78, 5) is 18.3. The van der Waals surface area contributed by atoms with Gasteiger partial charge in [0.25, 0.3) is 0 Å². The molecule has 0 bridgehead atoms. The molecule has 2 unspecified atom stereocenters. The summed E-state index contributed by atoms with van der Waals surface area (Å²) >= 11 is 0.